The summed E-state index contributed by atoms with van der Waals surface area (Å²) in [5, 5.41) is 7.48. The van der Waals surface area contributed by atoms with Gasteiger partial charge < -0.3 is 5.32 Å². The maximum atomic E-state index is 3.74. The van der Waals surface area contributed by atoms with Crippen LogP contribution in [0.1, 0.15) is 5.56 Å². The molecule has 0 aliphatic rings. The number of halogens is 1. The van der Waals surface area contributed by atoms with Gasteiger partial charge in [0.25, 0.3) is 0 Å². The summed E-state index contributed by atoms with van der Waals surface area (Å²) in [5.74, 6) is 0. The molecule has 0 fully saturated rings. The van der Waals surface area contributed by atoms with Gasteiger partial charge in [-0.2, -0.15) is 0 Å². The average Bonchev–Trinajstić information content (AvgIpc) is 2.31. The van der Waals surface area contributed by atoms with Crippen LogP contribution in [0.15, 0.2) is 21.8 Å². The van der Waals surface area contributed by atoms with Gasteiger partial charge in [0.1, 0.15) is 0 Å². The Morgan fingerprint density at radius 1 is 1.73 bits per heavy atom. The molecule has 1 N–H and O–H groups in total. The molecule has 0 bridgehead atoms. The van der Waals surface area contributed by atoms with Crippen LogP contribution in [0, 0.1) is 6.92 Å². The van der Waals surface area contributed by atoms with Gasteiger partial charge in [-0.15, -0.1) is 11.3 Å². The fourth-order valence-electron chi connectivity index (χ4n) is 0.733. The second-order valence-electron chi connectivity index (χ2n) is 2.34. The van der Waals surface area contributed by atoms with Crippen molar-refractivity contribution in [2.45, 2.75) is 6.92 Å². The lowest BCUT2D eigenvalue weighted by atomic mass is 10.3. The fourth-order valence-corrected chi connectivity index (χ4v) is 1.68. The summed E-state index contributed by atoms with van der Waals surface area (Å²) in [5.41, 5.74) is 2.50. The summed E-state index contributed by atoms with van der Waals surface area (Å²) < 4.78 is 0.975. The molecule has 0 radical (unpaired) electrons. The zero-order chi connectivity index (χ0) is 8.27. The number of hydrogen-bond donors (Lipinski definition) is 1. The van der Waals surface area contributed by atoms with E-state index < -0.39 is 0 Å². The molecule has 11 heavy (non-hydrogen) atoms. The molecule has 1 nitrogen and oxygen atoms in total. The van der Waals surface area contributed by atoms with E-state index in [1.165, 1.54) is 11.3 Å². The van der Waals surface area contributed by atoms with Gasteiger partial charge in [-0.25, -0.2) is 0 Å². The SMILES string of the molecule is C=C(Br)CNc1cscc1C. The minimum atomic E-state index is 0.789. The van der Waals surface area contributed by atoms with Crippen LogP contribution in [0.2, 0.25) is 0 Å². The van der Waals surface area contributed by atoms with Gasteiger partial charge >= 0.3 is 0 Å². The number of thiophene rings is 1. The van der Waals surface area contributed by atoms with Crippen LogP contribution in [0.5, 0.6) is 0 Å². The minimum Gasteiger partial charge on any atom is -0.380 e. The van der Waals surface area contributed by atoms with Crippen molar-refractivity contribution in [1.29, 1.82) is 0 Å². The molecule has 3 heteroatoms. The summed E-state index contributed by atoms with van der Waals surface area (Å²) in [7, 11) is 0. The normalized spacial score (nSPS) is 9.64. The summed E-state index contributed by atoms with van der Waals surface area (Å²) in [6, 6.07) is 0. The Morgan fingerprint density at radius 3 is 2.91 bits per heavy atom. The van der Waals surface area contributed by atoms with Crippen molar-refractivity contribution in [1.82, 2.24) is 0 Å². The summed E-state index contributed by atoms with van der Waals surface area (Å²) >= 11 is 5.00. The maximum absolute atomic E-state index is 3.74. The number of rotatable bonds is 3. The third-order valence-electron chi connectivity index (χ3n) is 1.33. The van der Waals surface area contributed by atoms with Crippen molar-refractivity contribution in [3.8, 4) is 0 Å². The molecule has 60 valence electrons. The van der Waals surface area contributed by atoms with Crippen LogP contribution in [-0.4, -0.2) is 6.54 Å². The smallest absolute Gasteiger partial charge is 0.0481 e. The molecule has 0 amide bonds. The quantitative estimate of drug-likeness (QED) is 0.842. The molecule has 0 aliphatic heterocycles. The van der Waals surface area contributed by atoms with E-state index in [4.69, 9.17) is 0 Å². The highest BCUT2D eigenvalue weighted by Gasteiger charge is 1.96. The highest BCUT2D eigenvalue weighted by atomic mass is 79.9. The monoisotopic (exact) mass is 231 g/mol. The first kappa shape index (κ1) is 8.81. The Kier molecular flexibility index (Phi) is 3.15. The van der Waals surface area contributed by atoms with Crippen LogP contribution in [0.25, 0.3) is 0 Å². The lowest BCUT2D eigenvalue weighted by Crippen LogP contribution is -1.99. The lowest BCUT2D eigenvalue weighted by Gasteiger charge is -2.02. The maximum Gasteiger partial charge on any atom is 0.0481 e. The topological polar surface area (TPSA) is 12.0 Å². The predicted molar refractivity (Wildman–Crippen MR) is 55.6 cm³/mol. The molecule has 1 rings (SSSR count). The van der Waals surface area contributed by atoms with E-state index in [9.17, 15) is 0 Å². The van der Waals surface area contributed by atoms with Gasteiger partial charge in [0.2, 0.25) is 0 Å². The van der Waals surface area contributed by atoms with Crippen LogP contribution < -0.4 is 5.32 Å². The summed E-state index contributed by atoms with van der Waals surface area (Å²) in [4.78, 5) is 0. The third-order valence-corrected chi connectivity index (χ3v) is 2.47. The highest BCUT2D eigenvalue weighted by Crippen LogP contribution is 2.19. The van der Waals surface area contributed by atoms with Crippen molar-refractivity contribution in [2.24, 2.45) is 0 Å². The Morgan fingerprint density at radius 2 is 2.45 bits per heavy atom. The van der Waals surface area contributed by atoms with Crippen molar-refractivity contribution in [3.63, 3.8) is 0 Å². The molecular weight excluding hydrogens is 222 g/mol. The Hall–Kier alpha value is -0.280. The van der Waals surface area contributed by atoms with Crippen LogP contribution in [0.4, 0.5) is 5.69 Å². The first-order valence-electron chi connectivity index (χ1n) is 3.30. The third kappa shape index (κ3) is 2.67. The van der Waals surface area contributed by atoms with E-state index in [-0.39, 0.29) is 0 Å². The second-order valence-corrected chi connectivity index (χ2v) is 4.20. The van der Waals surface area contributed by atoms with Crippen LogP contribution in [0.3, 0.4) is 0 Å². The van der Waals surface area contributed by atoms with Crippen molar-refractivity contribution < 1.29 is 0 Å². The Bertz CT molecular complexity index is 254. The minimum absolute atomic E-state index is 0.789. The van der Waals surface area contributed by atoms with Gasteiger partial charge in [0, 0.05) is 22.1 Å². The van der Waals surface area contributed by atoms with E-state index in [2.05, 4.69) is 45.5 Å². The number of aryl methyl sites for hydroxylation is 1. The molecule has 1 heterocycles. The molecule has 0 unspecified atom stereocenters. The predicted octanol–water partition coefficient (Wildman–Crippen LogP) is 3.38. The molecule has 0 saturated carbocycles. The molecular formula is C8H10BrNS. The van der Waals surface area contributed by atoms with Crippen molar-refractivity contribution >= 4 is 33.0 Å². The highest BCUT2D eigenvalue weighted by molar-refractivity contribution is 9.11. The molecule has 0 saturated heterocycles. The van der Waals surface area contributed by atoms with E-state index in [1.807, 2.05) is 0 Å². The van der Waals surface area contributed by atoms with Crippen LogP contribution in [-0.2, 0) is 0 Å². The zero-order valence-corrected chi connectivity index (χ0v) is 8.76. The van der Waals surface area contributed by atoms with Crippen molar-refractivity contribution in [2.75, 3.05) is 11.9 Å². The first-order chi connectivity index (χ1) is 5.20. The standard InChI is InChI=1S/C8H10BrNS/c1-6-4-11-5-8(6)10-3-7(2)9/h4-5,10H,2-3H2,1H3. The van der Waals surface area contributed by atoms with E-state index >= 15 is 0 Å². The zero-order valence-electron chi connectivity index (χ0n) is 6.36. The number of anilines is 1. The summed E-state index contributed by atoms with van der Waals surface area (Å²) in [6.45, 7) is 6.62. The largest absolute Gasteiger partial charge is 0.380 e. The van der Waals surface area contributed by atoms with Gasteiger partial charge in [0.05, 0.1) is 0 Å². The van der Waals surface area contributed by atoms with Gasteiger partial charge in [-0.1, -0.05) is 22.5 Å². The number of nitrogens with one attached hydrogen (secondary N) is 1. The van der Waals surface area contributed by atoms with Gasteiger partial charge in [0.15, 0.2) is 0 Å². The van der Waals surface area contributed by atoms with Gasteiger partial charge in [-0.05, 0) is 17.9 Å². The molecule has 1 aromatic rings. The van der Waals surface area contributed by atoms with Gasteiger partial charge in [-0.3, -0.25) is 0 Å². The lowest BCUT2D eigenvalue weighted by molar-refractivity contribution is 1.31. The summed E-state index contributed by atoms with van der Waals surface area (Å²) in [6.07, 6.45) is 0. The molecule has 1 aromatic heterocycles. The molecule has 0 aliphatic carbocycles. The Balaban J connectivity index is 2.51. The van der Waals surface area contributed by atoms with Crippen molar-refractivity contribution in [3.05, 3.63) is 27.4 Å². The molecule has 0 atom stereocenters. The van der Waals surface area contributed by atoms with E-state index in [0.717, 1.165) is 11.0 Å². The van der Waals surface area contributed by atoms with E-state index in [1.54, 1.807) is 11.3 Å². The number of hydrogen-bond acceptors (Lipinski definition) is 2. The first-order valence-corrected chi connectivity index (χ1v) is 5.03. The molecule has 0 aromatic carbocycles. The fraction of sp³-hybridized carbons (Fsp3) is 0.250. The average molecular weight is 232 g/mol. The van der Waals surface area contributed by atoms with Crippen LogP contribution >= 0.6 is 27.3 Å². The second kappa shape index (κ2) is 3.93. The van der Waals surface area contributed by atoms with E-state index in [0.29, 0.717) is 0 Å². The Labute approximate surface area is 79.3 Å². The molecule has 0 spiro atoms.